The van der Waals surface area contributed by atoms with E-state index >= 15 is 0 Å². The largest absolute Gasteiger partial charge is 0.449 e. The Labute approximate surface area is 257 Å². The summed E-state index contributed by atoms with van der Waals surface area (Å²) >= 11 is 1.20. The first-order valence-electron chi connectivity index (χ1n) is 13.9. The highest BCUT2D eigenvalue weighted by molar-refractivity contribution is 7.07. The average molecular weight is 621 g/mol. The maximum Gasteiger partial charge on any atom is 0.318 e. The molecule has 1 aromatic heterocycles. The van der Waals surface area contributed by atoms with E-state index in [0.29, 0.717) is 21.3 Å². The zero-order valence-corrected chi connectivity index (χ0v) is 24.1. The number of allylic oxidation sites excluding steroid dienone is 1. The van der Waals surface area contributed by atoms with Crippen LogP contribution in [0.3, 0.4) is 0 Å². The third-order valence-corrected chi connectivity index (χ3v) is 8.82. The molecule has 2 aliphatic rings. The van der Waals surface area contributed by atoms with Gasteiger partial charge < -0.3 is 4.74 Å². The molecule has 1 aliphatic carbocycles. The molecule has 0 fully saturated rings. The van der Waals surface area contributed by atoms with Crippen LogP contribution in [-0.4, -0.2) is 14.4 Å². The molecule has 0 amide bonds. The Morgan fingerprint density at radius 1 is 0.911 bits per heavy atom. The molecule has 4 aromatic carbocycles. The molecule has 2 heterocycles. The molecule has 1 atom stereocenters. The van der Waals surface area contributed by atoms with Crippen LogP contribution in [0.15, 0.2) is 106 Å². The Kier molecular flexibility index (Phi) is 6.90. The molecule has 0 bridgehead atoms. The molecule has 0 radical (unpaired) electrons. The summed E-state index contributed by atoms with van der Waals surface area (Å²) in [6.07, 6.45) is 3.10. The summed E-state index contributed by atoms with van der Waals surface area (Å²) in [5.74, 6) is -0.349. The molecule has 45 heavy (non-hydrogen) atoms. The Morgan fingerprint density at radius 2 is 1.67 bits per heavy atom. The highest BCUT2D eigenvalue weighted by Crippen LogP contribution is 2.41. The number of nitro benzene ring substituents is 2. The molecule has 5 aromatic rings. The van der Waals surface area contributed by atoms with Gasteiger partial charge in [0.15, 0.2) is 4.80 Å². The number of ether oxygens (including phenoxy) is 1. The van der Waals surface area contributed by atoms with Crippen LogP contribution in [0.4, 0.5) is 15.8 Å². The second-order valence-electron chi connectivity index (χ2n) is 10.5. The Balaban J connectivity index is 1.37. The second-order valence-corrected chi connectivity index (χ2v) is 11.5. The number of hydrogen-bond donors (Lipinski definition) is 0. The van der Waals surface area contributed by atoms with Crippen LogP contribution in [-0.2, 0) is 6.42 Å². The molecular formula is C33H21FN4O6S. The van der Waals surface area contributed by atoms with Gasteiger partial charge in [-0.2, -0.15) is 0 Å². The number of nitrogens with zero attached hydrogens (tertiary/aromatic N) is 4. The number of non-ortho nitro benzene ring substituents is 1. The van der Waals surface area contributed by atoms with E-state index in [2.05, 4.69) is 6.07 Å². The van der Waals surface area contributed by atoms with Crippen LogP contribution in [0.2, 0.25) is 0 Å². The molecule has 0 spiro atoms. The van der Waals surface area contributed by atoms with Crippen molar-refractivity contribution >= 4 is 34.5 Å². The van der Waals surface area contributed by atoms with Gasteiger partial charge in [0.25, 0.3) is 11.2 Å². The van der Waals surface area contributed by atoms with Gasteiger partial charge >= 0.3 is 5.69 Å². The number of para-hydroxylation sites is 1. The Morgan fingerprint density at radius 3 is 2.44 bits per heavy atom. The van der Waals surface area contributed by atoms with Gasteiger partial charge in [-0.15, -0.1) is 0 Å². The van der Waals surface area contributed by atoms with Gasteiger partial charge in [0, 0.05) is 17.2 Å². The summed E-state index contributed by atoms with van der Waals surface area (Å²) in [6.45, 7) is 0. The van der Waals surface area contributed by atoms with Gasteiger partial charge in [0.2, 0.25) is 5.75 Å². The minimum absolute atomic E-state index is 0.185. The highest BCUT2D eigenvalue weighted by Gasteiger charge is 2.32. The number of aryl methyl sites for hydroxylation is 1. The van der Waals surface area contributed by atoms with E-state index in [1.165, 1.54) is 35.1 Å². The van der Waals surface area contributed by atoms with Crippen molar-refractivity contribution < 1.29 is 19.0 Å². The molecule has 7 rings (SSSR count). The highest BCUT2D eigenvalue weighted by atomic mass is 32.1. The number of thiazole rings is 1. The number of hydrogen-bond acceptors (Lipinski definition) is 8. The van der Waals surface area contributed by atoms with Gasteiger partial charge in [0.1, 0.15) is 11.6 Å². The van der Waals surface area contributed by atoms with E-state index in [1.807, 2.05) is 18.2 Å². The van der Waals surface area contributed by atoms with Crippen molar-refractivity contribution in [3.05, 3.63) is 165 Å². The number of benzene rings is 4. The van der Waals surface area contributed by atoms with Crippen molar-refractivity contribution in [3.63, 3.8) is 0 Å². The van der Waals surface area contributed by atoms with E-state index in [0.717, 1.165) is 41.0 Å². The van der Waals surface area contributed by atoms with Crippen LogP contribution in [0.5, 0.6) is 11.5 Å². The molecule has 0 N–H and O–H groups in total. The summed E-state index contributed by atoms with van der Waals surface area (Å²) < 4.78 is 21.8. The van der Waals surface area contributed by atoms with E-state index < -0.39 is 27.3 Å². The zero-order valence-electron chi connectivity index (χ0n) is 23.3. The molecule has 10 nitrogen and oxygen atoms in total. The maximum atomic E-state index is 14.1. The molecule has 0 saturated carbocycles. The molecule has 0 saturated heterocycles. The number of aromatic nitrogens is 1. The fourth-order valence-electron chi connectivity index (χ4n) is 5.77. The Hall–Kier alpha value is -5.75. The lowest BCUT2D eigenvalue weighted by molar-refractivity contribution is -0.394. The van der Waals surface area contributed by atoms with Crippen LogP contribution in [0.1, 0.15) is 34.7 Å². The van der Waals surface area contributed by atoms with Crippen molar-refractivity contribution in [1.82, 2.24) is 4.57 Å². The van der Waals surface area contributed by atoms with Crippen LogP contribution in [0.25, 0.3) is 11.8 Å². The predicted molar refractivity (Wildman–Crippen MR) is 165 cm³/mol. The minimum Gasteiger partial charge on any atom is -0.449 e. The SMILES string of the molecule is O=c1/c(=C/c2ccccc2Oc2ccc([N+](=O)[O-])cc2[N+](=O)[O-])sc2n1[C@H](c1ccc(F)cc1)C1=C(N=2)c2ccccc2CC1. The number of fused-ring (bicyclic) bond motifs is 3. The average Bonchev–Trinajstić information content (AvgIpc) is 3.35. The standard InChI is InChI=1S/C33H21FN4O6S/c34-22-12-9-20(10-13-22)31-25-15-11-19-5-1-3-7-24(19)30(25)35-33-36(31)32(39)29(45-33)17-21-6-2-4-8-27(21)44-28-16-14-23(37(40)41)18-26(28)38(42)43/h1-10,12-14,16-18,31H,11,15H2/b29-17-/t31-/m1/s1. The van der Waals surface area contributed by atoms with Crippen molar-refractivity contribution in [2.45, 2.75) is 18.9 Å². The van der Waals surface area contributed by atoms with Crippen molar-refractivity contribution in [1.29, 1.82) is 0 Å². The van der Waals surface area contributed by atoms with Crippen LogP contribution in [0, 0.1) is 26.0 Å². The smallest absolute Gasteiger partial charge is 0.318 e. The topological polar surface area (TPSA) is 130 Å². The van der Waals surface area contributed by atoms with Gasteiger partial charge in [0.05, 0.1) is 32.2 Å². The van der Waals surface area contributed by atoms with Gasteiger partial charge in [-0.1, -0.05) is 65.9 Å². The van der Waals surface area contributed by atoms with Crippen molar-refractivity contribution in [2.75, 3.05) is 0 Å². The van der Waals surface area contributed by atoms with E-state index in [4.69, 9.17) is 9.73 Å². The number of halogens is 1. The quantitative estimate of drug-likeness (QED) is 0.167. The van der Waals surface area contributed by atoms with E-state index in [9.17, 15) is 29.4 Å². The van der Waals surface area contributed by atoms with Crippen molar-refractivity contribution in [2.24, 2.45) is 4.99 Å². The fraction of sp³-hybridized carbons (Fsp3) is 0.0909. The van der Waals surface area contributed by atoms with Gasteiger partial charge in [-0.25, -0.2) is 9.38 Å². The van der Waals surface area contributed by atoms with E-state index in [1.54, 1.807) is 47.0 Å². The van der Waals surface area contributed by atoms with Crippen LogP contribution >= 0.6 is 11.3 Å². The van der Waals surface area contributed by atoms with Gasteiger partial charge in [-0.3, -0.25) is 29.6 Å². The summed E-state index contributed by atoms with van der Waals surface area (Å²) in [7, 11) is 0. The first-order valence-corrected chi connectivity index (χ1v) is 14.7. The third kappa shape index (κ3) is 5.00. The lowest BCUT2D eigenvalue weighted by Gasteiger charge is -2.30. The third-order valence-electron chi connectivity index (χ3n) is 7.83. The first kappa shape index (κ1) is 28.0. The fourth-order valence-corrected chi connectivity index (χ4v) is 6.76. The molecular weight excluding hydrogens is 599 g/mol. The first-order chi connectivity index (χ1) is 21.8. The molecule has 222 valence electrons. The molecule has 12 heteroatoms. The Bertz CT molecular complexity index is 2260. The van der Waals surface area contributed by atoms with Crippen molar-refractivity contribution in [3.8, 4) is 11.5 Å². The number of nitro groups is 2. The zero-order chi connectivity index (χ0) is 31.2. The van der Waals surface area contributed by atoms with E-state index in [-0.39, 0.29) is 22.9 Å². The second kappa shape index (κ2) is 11.1. The number of rotatable bonds is 6. The summed E-state index contributed by atoms with van der Waals surface area (Å²) in [4.78, 5) is 40.9. The van der Waals surface area contributed by atoms with Crippen LogP contribution < -0.4 is 19.6 Å². The monoisotopic (exact) mass is 620 g/mol. The predicted octanol–water partition coefficient (Wildman–Crippen LogP) is 6.07. The molecule has 1 aliphatic heterocycles. The lowest BCUT2D eigenvalue weighted by Crippen LogP contribution is -2.38. The molecule has 0 unspecified atom stereocenters. The summed E-state index contributed by atoms with van der Waals surface area (Å²) in [6, 6.07) is 23.5. The minimum atomic E-state index is -0.752. The maximum absolute atomic E-state index is 14.1. The van der Waals surface area contributed by atoms with Gasteiger partial charge in [-0.05, 0) is 59.9 Å². The normalized spacial score (nSPS) is 15.5. The summed E-state index contributed by atoms with van der Waals surface area (Å²) in [5, 5.41) is 22.9. The lowest BCUT2D eigenvalue weighted by atomic mass is 9.83. The summed E-state index contributed by atoms with van der Waals surface area (Å²) in [5.41, 5.74) is 3.89.